The van der Waals surface area contributed by atoms with Crippen molar-refractivity contribution in [1.82, 2.24) is 0 Å². The maximum atomic E-state index is 3.56. The van der Waals surface area contributed by atoms with Crippen molar-refractivity contribution in [3.8, 4) is 0 Å². The Bertz CT molecular complexity index is 112. The highest BCUT2D eigenvalue weighted by Crippen LogP contribution is 1.94. The second-order valence-electron chi connectivity index (χ2n) is 1.60. The Hall–Kier alpha value is -0.300. The SMILES string of the molecule is C=CC=CCCC=CBr. The fourth-order valence-corrected chi connectivity index (χ4v) is 0.712. The van der Waals surface area contributed by atoms with E-state index in [4.69, 9.17) is 0 Å². The summed E-state index contributed by atoms with van der Waals surface area (Å²) in [6, 6.07) is 0. The normalized spacial score (nSPS) is 11.2. The summed E-state index contributed by atoms with van der Waals surface area (Å²) in [4.78, 5) is 1.88. The predicted molar refractivity (Wildman–Crippen MR) is 46.6 cm³/mol. The quantitative estimate of drug-likeness (QED) is 0.467. The van der Waals surface area contributed by atoms with Gasteiger partial charge in [0.25, 0.3) is 0 Å². The van der Waals surface area contributed by atoms with E-state index >= 15 is 0 Å². The summed E-state index contributed by atoms with van der Waals surface area (Å²) in [6.07, 6.45) is 10.1. The van der Waals surface area contributed by atoms with Crippen LogP contribution >= 0.6 is 15.9 Å². The lowest BCUT2D eigenvalue weighted by Crippen LogP contribution is -1.60. The highest BCUT2D eigenvalue weighted by molar-refractivity contribution is 9.11. The Morgan fingerprint density at radius 3 is 2.44 bits per heavy atom. The molecule has 1 heteroatoms. The van der Waals surface area contributed by atoms with Gasteiger partial charge in [0.2, 0.25) is 0 Å². The van der Waals surface area contributed by atoms with E-state index in [1.165, 1.54) is 0 Å². The highest BCUT2D eigenvalue weighted by atomic mass is 79.9. The molecule has 0 radical (unpaired) electrons. The van der Waals surface area contributed by atoms with Gasteiger partial charge in [0.05, 0.1) is 0 Å². The molecule has 0 fully saturated rings. The van der Waals surface area contributed by atoms with Crippen molar-refractivity contribution in [3.05, 3.63) is 35.9 Å². The van der Waals surface area contributed by atoms with E-state index in [9.17, 15) is 0 Å². The molecule has 0 heterocycles. The van der Waals surface area contributed by atoms with Crippen LogP contribution in [0, 0.1) is 0 Å². The minimum Gasteiger partial charge on any atom is -0.0991 e. The summed E-state index contributed by atoms with van der Waals surface area (Å²) in [6.45, 7) is 3.56. The van der Waals surface area contributed by atoms with E-state index in [0.29, 0.717) is 0 Å². The summed E-state index contributed by atoms with van der Waals surface area (Å²) < 4.78 is 0. The van der Waals surface area contributed by atoms with Gasteiger partial charge in [-0.3, -0.25) is 0 Å². The Labute approximate surface area is 65.1 Å². The molecule has 0 saturated heterocycles. The predicted octanol–water partition coefficient (Wildman–Crippen LogP) is 3.42. The Kier molecular flexibility index (Phi) is 7.44. The monoisotopic (exact) mass is 186 g/mol. The average molecular weight is 187 g/mol. The molecule has 0 aliphatic heterocycles. The first-order chi connectivity index (χ1) is 4.41. The lowest BCUT2D eigenvalue weighted by atomic mass is 10.3. The standard InChI is InChI=1S/C8H11Br/c1-2-3-4-5-6-7-8-9/h2-4,7-8H,1,5-6H2. The molecule has 9 heavy (non-hydrogen) atoms. The summed E-state index contributed by atoms with van der Waals surface area (Å²) in [7, 11) is 0. The number of hydrogen-bond donors (Lipinski definition) is 0. The van der Waals surface area contributed by atoms with Crippen molar-refractivity contribution in [2.45, 2.75) is 12.8 Å². The van der Waals surface area contributed by atoms with Gasteiger partial charge in [-0.25, -0.2) is 0 Å². The van der Waals surface area contributed by atoms with Crippen molar-refractivity contribution in [2.24, 2.45) is 0 Å². The largest absolute Gasteiger partial charge is 0.0991 e. The van der Waals surface area contributed by atoms with E-state index < -0.39 is 0 Å². The first-order valence-corrected chi connectivity index (χ1v) is 3.86. The molecule has 0 N–H and O–H groups in total. The van der Waals surface area contributed by atoms with Crippen molar-refractivity contribution in [1.29, 1.82) is 0 Å². The molecule has 0 aliphatic carbocycles. The van der Waals surface area contributed by atoms with E-state index in [-0.39, 0.29) is 0 Å². The first-order valence-electron chi connectivity index (χ1n) is 2.94. The van der Waals surface area contributed by atoms with E-state index in [1.807, 2.05) is 11.1 Å². The molecule has 0 aliphatic rings. The third-order valence-corrected chi connectivity index (χ3v) is 1.24. The van der Waals surface area contributed by atoms with Crippen LogP contribution < -0.4 is 0 Å². The Morgan fingerprint density at radius 1 is 1.22 bits per heavy atom. The zero-order valence-corrected chi connectivity index (χ0v) is 6.97. The number of rotatable bonds is 4. The van der Waals surface area contributed by atoms with Crippen molar-refractivity contribution < 1.29 is 0 Å². The Morgan fingerprint density at radius 2 is 1.89 bits per heavy atom. The van der Waals surface area contributed by atoms with Gasteiger partial charge < -0.3 is 0 Å². The minimum atomic E-state index is 1.09. The molecule has 0 bridgehead atoms. The number of hydrogen-bond acceptors (Lipinski definition) is 0. The topological polar surface area (TPSA) is 0 Å². The molecule has 0 rings (SSSR count). The van der Waals surface area contributed by atoms with Gasteiger partial charge in [-0.1, -0.05) is 46.8 Å². The van der Waals surface area contributed by atoms with Crippen molar-refractivity contribution in [3.63, 3.8) is 0 Å². The minimum absolute atomic E-state index is 1.09. The van der Waals surface area contributed by atoms with Crippen LogP contribution in [0.1, 0.15) is 12.8 Å². The number of unbranched alkanes of at least 4 members (excludes halogenated alkanes) is 1. The summed E-state index contributed by atoms with van der Waals surface area (Å²) >= 11 is 3.19. The van der Waals surface area contributed by atoms with Crippen molar-refractivity contribution in [2.75, 3.05) is 0 Å². The van der Waals surface area contributed by atoms with Gasteiger partial charge >= 0.3 is 0 Å². The molecule has 0 atom stereocenters. The summed E-state index contributed by atoms with van der Waals surface area (Å²) in [5.74, 6) is 0. The van der Waals surface area contributed by atoms with Crippen LogP contribution in [0.2, 0.25) is 0 Å². The smallest absolute Gasteiger partial charge is 0.0229 e. The Balaban J connectivity index is 3.08. The van der Waals surface area contributed by atoms with Crippen molar-refractivity contribution >= 4 is 15.9 Å². The third-order valence-electron chi connectivity index (χ3n) is 0.861. The number of allylic oxidation sites excluding steroid dienone is 4. The van der Waals surface area contributed by atoms with Gasteiger partial charge in [-0.2, -0.15) is 0 Å². The molecular formula is C8H11Br. The van der Waals surface area contributed by atoms with Gasteiger partial charge in [0.1, 0.15) is 0 Å². The highest BCUT2D eigenvalue weighted by Gasteiger charge is 1.71. The molecule has 0 amide bonds. The van der Waals surface area contributed by atoms with Gasteiger partial charge in [0.15, 0.2) is 0 Å². The van der Waals surface area contributed by atoms with Crippen LogP contribution in [-0.2, 0) is 0 Å². The van der Waals surface area contributed by atoms with Crippen LogP contribution in [0.15, 0.2) is 35.9 Å². The van der Waals surface area contributed by atoms with Gasteiger partial charge in [-0.05, 0) is 17.8 Å². The molecule has 0 aromatic rings. The second-order valence-corrected chi connectivity index (χ2v) is 2.13. The van der Waals surface area contributed by atoms with Gasteiger partial charge in [-0.15, -0.1) is 0 Å². The van der Waals surface area contributed by atoms with Crippen LogP contribution in [-0.4, -0.2) is 0 Å². The first kappa shape index (κ1) is 8.70. The third kappa shape index (κ3) is 7.70. The lowest BCUT2D eigenvalue weighted by molar-refractivity contribution is 1.05. The molecule has 0 aromatic heterocycles. The molecular weight excluding hydrogens is 176 g/mol. The van der Waals surface area contributed by atoms with E-state index in [0.717, 1.165) is 12.8 Å². The molecule has 50 valence electrons. The van der Waals surface area contributed by atoms with E-state index in [1.54, 1.807) is 6.08 Å². The van der Waals surface area contributed by atoms with Crippen LogP contribution in [0.25, 0.3) is 0 Å². The molecule has 0 nitrogen and oxygen atoms in total. The lowest BCUT2D eigenvalue weighted by Gasteiger charge is -1.81. The number of halogens is 1. The molecule has 0 spiro atoms. The second kappa shape index (κ2) is 7.70. The molecule has 0 aromatic carbocycles. The molecule has 0 saturated carbocycles. The fraction of sp³-hybridized carbons (Fsp3) is 0.250. The maximum absolute atomic E-state index is 3.56. The van der Waals surface area contributed by atoms with Crippen LogP contribution in [0.3, 0.4) is 0 Å². The summed E-state index contributed by atoms with van der Waals surface area (Å²) in [5.41, 5.74) is 0. The maximum Gasteiger partial charge on any atom is -0.0229 e. The van der Waals surface area contributed by atoms with Crippen LogP contribution in [0.5, 0.6) is 0 Å². The molecule has 0 unspecified atom stereocenters. The van der Waals surface area contributed by atoms with Crippen LogP contribution in [0.4, 0.5) is 0 Å². The average Bonchev–Trinajstić information content (AvgIpc) is 1.89. The fourth-order valence-electron chi connectivity index (χ4n) is 0.448. The van der Waals surface area contributed by atoms with Gasteiger partial charge in [0, 0.05) is 0 Å². The zero-order chi connectivity index (χ0) is 6.95. The summed E-state index contributed by atoms with van der Waals surface area (Å²) in [5, 5.41) is 0. The van der Waals surface area contributed by atoms with E-state index in [2.05, 4.69) is 34.7 Å². The zero-order valence-electron chi connectivity index (χ0n) is 5.39.